The average Bonchev–Trinajstić information content (AvgIpc) is 3.16. The summed E-state index contributed by atoms with van der Waals surface area (Å²) < 4.78 is 70.7. The summed E-state index contributed by atoms with van der Waals surface area (Å²) in [6.07, 6.45) is -4.66. The fourth-order valence-corrected chi connectivity index (χ4v) is 4.38. The number of carbonyl (C=O) groups excluding carboxylic acids is 1. The molecule has 1 atom stereocenters. The lowest BCUT2D eigenvalue weighted by Crippen LogP contribution is -2.29. The molecule has 1 aliphatic heterocycles. The number of amides is 1. The van der Waals surface area contributed by atoms with Crippen molar-refractivity contribution >= 4 is 22.6 Å². The number of alkyl halides is 3. The molecule has 5 rings (SSSR count). The molecule has 3 aromatic carbocycles. The monoisotopic (exact) mass is 499 g/mol. The minimum Gasteiger partial charge on any atom is -0.493 e. The third-order valence-corrected chi connectivity index (χ3v) is 6.01. The van der Waals surface area contributed by atoms with Gasteiger partial charge in [0.25, 0.3) is 5.91 Å². The Morgan fingerprint density at radius 2 is 1.67 bits per heavy atom. The summed E-state index contributed by atoms with van der Waals surface area (Å²) in [4.78, 5) is 28.2. The average molecular weight is 499 g/mol. The highest BCUT2D eigenvalue weighted by molar-refractivity contribution is 6.10. The lowest BCUT2D eigenvalue weighted by atomic mass is 9.97. The molecule has 1 aromatic heterocycles. The number of benzene rings is 3. The van der Waals surface area contributed by atoms with Crippen LogP contribution < -0.4 is 19.8 Å². The van der Waals surface area contributed by atoms with E-state index >= 15 is 0 Å². The third-order valence-electron chi connectivity index (χ3n) is 6.01. The summed E-state index contributed by atoms with van der Waals surface area (Å²) in [7, 11) is 2.82. The van der Waals surface area contributed by atoms with Crippen LogP contribution in [0.1, 0.15) is 33.3 Å². The molecule has 2 heterocycles. The van der Waals surface area contributed by atoms with Crippen molar-refractivity contribution in [3.63, 3.8) is 0 Å². The maximum absolute atomic E-state index is 14.0. The molecular weight excluding hydrogens is 482 g/mol. The lowest BCUT2D eigenvalue weighted by Gasteiger charge is -2.26. The summed E-state index contributed by atoms with van der Waals surface area (Å²) in [6.45, 7) is 0. The molecule has 0 aliphatic carbocycles. The summed E-state index contributed by atoms with van der Waals surface area (Å²) in [5.74, 6) is -1.19. The van der Waals surface area contributed by atoms with Crippen LogP contribution in [0.5, 0.6) is 11.5 Å². The summed E-state index contributed by atoms with van der Waals surface area (Å²) in [5, 5.41) is -0.0991. The first-order chi connectivity index (χ1) is 17.1. The van der Waals surface area contributed by atoms with Crippen LogP contribution in [0.4, 0.5) is 23.2 Å². The summed E-state index contributed by atoms with van der Waals surface area (Å²) >= 11 is 0. The highest BCUT2D eigenvalue weighted by Gasteiger charge is 2.44. The standard InChI is InChI=1S/C26H17F4NO5/c1-34-19-8-6-13(10-20(19)35-2)22-21-23(32)17-12-15(27)7-9-18(17)36-24(21)25(33)31(22)16-5-3-4-14(11-16)26(28,29)30/h3-12,22H,1-2H3. The van der Waals surface area contributed by atoms with E-state index in [-0.39, 0.29) is 33.7 Å². The van der Waals surface area contributed by atoms with Gasteiger partial charge in [0, 0.05) is 5.69 Å². The van der Waals surface area contributed by atoms with Crippen LogP contribution in [0.2, 0.25) is 0 Å². The van der Waals surface area contributed by atoms with Crippen LogP contribution in [0.15, 0.2) is 69.9 Å². The number of anilines is 1. The van der Waals surface area contributed by atoms with E-state index in [1.54, 1.807) is 12.1 Å². The second kappa shape index (κ2) is 8.40. The van der Waals surface area contributed by atoms with Crippen molar-refractivity contribution in [2.75, 3.05) is 19.1 Å². The van der Waals surface area contributed by atoms with Crippen molar-refractivity contribution in [1.29, 1.82) is 0 Å². The molecule has 0 spiro atoms. The zero-order valence-corrected chi connectivity index (χ0v) is 18.9. The molecule has 10 heteroatoms. The zero-order chi connectivity index (χ0) is 25.8. The Morgan fingerprint density at radius 3 is 2.36 bits per heavy atom. The van der Waals surface area contributed by atoms with Crippen molar-refractivity contribution < 1.29 is 36.2 Å². The topological polar surface area (TPSA) is 69.0 Å². The third kappa shape index (κ3) is 3.65. The molecule has 6 nitrogen and oxygen atoms in total. The smallest absolute Gasteiger partial charge is 0.416 e. The van der Waals surface area contributed by atoms with Gasteiger partial charge in [0.1, 0.15) is 11.4 Å². The molecule has 1 unspecified atom stereocenters. The first-order valence-electron chi connectivity index (χ1n) is 10.6. The molecule has 0 radical (unpaired) electrons. The number of methoxy groups -OCH3 is 2. The van der Waals surface area contributed by atoms with Crippen LogP contribution in [0.3, 0.4) is 0 Å². The molecule has 0 fully saturated rings. The van der Waals surface area contributed by atoms with Gasteiger partial charge in [-0.15, -0.1) is 0 Å². The number of halogens is 4. The SMILES string of the molecule is COc1ccc(C2c3c(oc4ccc(F)cc4c3=O)C(=O)N2c2cccc(C(F)(F)F)c2)cc1OC. The molecule has 4 aromatic rings. The number of ether oxygens (including phenoxy) is 2. The van der Waals surface area contributed by atoms with E-state index < -0.39 is 34.9 Å². The van der Waals surface area contributed by atoms with Gasteiger partial charge in [0.2, 0.25) is 5.76 Å². The maximum Gasteiger partial charge on any atom is 0.416 e. The van der Waals surface area contributed by atoms with E-state index in [0.29, 0.717) is 11.3 Å². The normalized spacial score (nSPS) is 15.3. The molecule has 1 aliphatic rings. The Labute approximate surface area is 201 Å². The predicted octanol–water partition coefficient (Wildman–Crippen LogP) is 5.72. The Hall–Kier alpha value is -4.34. The van der Waals surface area contributed by atoms with Crippen LogP contribution in [0.25, 0.3) is 11.0 Å². The molecule has 1 amide bonds. The lowest BCUT2D eigenvalue weighted by molar-refractivity contribution is -0.137. The summed E-state index contributed by atoms with van der Waals surface area (Å²) in [5.41, 5.74) is -1.54. The molecule has 0 bridgehead atoms. The Bertz CT molecular complexity index is 1580. The van der Waals surface area contributed by atoms with E-state index in [1.807, 2.05) is 0 Å². The second-order valence-corrected chi connectivity index (χ2v) is 8.05. The Balaban J connectivity index is 1.80. The largest absolute Gasteiger partial charge is 0.493 e. The van der Waals surface area contributed by atoms with Gasteiger partial charge in [-0.2, -0.15) is 13.2 Å². The predicted molar refractivity (Wildman–Crippen MR) is 122 cm³/mol. The van der Waals surface area contributed by atoms with Crippen molar-refractivity contribution in [2.45, 2.75) is 12.2 Å². The van der Waals surface area contributed by atoms with Crippen molar-refractivity contribution in [3.05, 3.63) is 99.2 Å². The van der Waals surface area contributed by atoms with Gasteiger partial charge in [-0.1, -0.05) is 12.1 Å². The van der Waals surface area contributed by atoms with E-state index in [1.165, 1.54) is 38.5 Å². The highest BCUT2D eigenvalue weighted by Crippen LogP contribution is 2.44. The molecule has 0 N–H and O–H groups in total. The van der Waals surface area contributed by atoms with E-state index in [0.717, 1.165) is 29.2 Å². The van der Waals surface area contributed by atoms with Crippen LogP contribution in [-0.4, -0.2) is 20.1 Å². The van der Waals surface area contributed by atoms with Crippen molar-refractivity contribution in [1.82, 2.24) is 0 Å². The fraction of sp³-hybridized carbons (Fsp3) is 0.154. The number of carbonyl (C=O) groups is 1. The van der Waals surface area contributed by atoms with Crippen LogP contribution in [0, 0.1) is 5.82 Å². The highest BCUT2D eigenvalue weighted by atomic mass is 19.4. The van der Waals surface area contributed by atoms with Crippen molar-refractivity contribution in [2.24, 2.45) is 0 Å². The number of rotatable bonds is 4. The van der Waals surface area contributed by atoms with Crippen LogP contribution in [-0.2, 0) is 6.18 Å². The zero-order valence-electron chi connectivity index (χ0n) is 18.9. The van der Waals surface area contributed by atoms with Crippen LogP contribution >= 0.6 is 0 Å². The first kappa shape index (κ1) is 23.4. The number of fused-ring (bicyclic) bond motifs is 2. The number of hydrogen-bond acceptors (Lipinski definition) is 5. The summed E-state index contributed by atoms with van der Waals surface area (Å²) in [6, 6.07) is 10.9. The molecular formula is C26H17F4NO5. The fourth-order valence-electron chi connectivity index (χ4n) is 4.38. The number of nitrogens with zero attached hydrogens (tertiary/aromatic N) is 1. The minimum absolute atomic E-state index is 0.0227. The molecule has 184 valence electrons. The van der Waals surface area contributed by atoms with E-state index in [2.05, 4.69) is 0 Å². The van der Waals surface area contributed by atoms with Gasteiger partial charge in [0.15, 0.2) is 16.9 Å². The number of hydrogen-bond donors (Lipinski definition) is 0. The quantitative estimate of drug-likeness (QED) is 0.336. The molecule has 36 heavy (non-hydrogen) atoms. The van der Waals surface area contributed by atoms with Gasteiger partial charge in [-0.05, 0) is 54.1 Å². The molecule has 0 saturated heterocycles. The second-order valence-electron chi connectivity index (χ2n) is 8.05. The Morgan fingerprint density at radius 1 is 0.917 bits per heavy atom. The van der Waals surface area contributed by atoms with Gasteiger partial charge >= 0.3 is 6.18 Å². The van der Waals surface area contributed by atoms with Gasteiger partial charge in [-0.25, -0.2) is 4.39 Å². The van der Waals surface area contributed by atoms with Crippen molar-refractivity contribution in [3.8, 4) is 11.5 Å². The maximum atomic E-state index is 14.0. The van der Waals surface area contributed by atoms with E-state index in [9.17, 15) is 27.2 Å². The van der Waals surface area contributed by atoms with Gasteiger partial charge in [-0.3, -0.25) is 14.5 Å². The van der Waals surface area contributed by atoms with Gasteiger partial charge in [0.05, 0.1) is 36.8 Å². The van der Waals surface area contributed by atoms with Gasteiger partial charge < -0.3 is 13.9 Å². The molecule has 0 saturated carbocycles. The first-order valence-corrected chi connectivity index (χ1v) is 10.6. The van der Waals surface area contributed by atoms with E-state index in [4.69, 9.17) is 13.9 Å². The Kier molecular flexibility index (Phi) is 5.46. The minimum atomic E-state index is -4.66.